The van der Waals surface area contributed by atoms with Gasteiger partial charge in [-0.1, -0.05) is 6.92 Å². The van der Waals surface area contributed by atoms with Crippen molar-refractivity contribution in [1.29, 1.82) is 0 Å². The highest BCUT2D eigenvalue weighted by atomic mass is 19.1. The number of aryl methyl sites for hydroxylation is 1. The van der Waals surface area contributed by atoms with Crippen LogP contribution in [0.5, 0.6) is 0 Å². The molecular formula is C17H27FN2. The van der Waals surface area contributed by atoms with Crippen LogP contribution in [0.4, 0.5) is 10.1 Å². The second kappa shape index (κ2) is 6.13. The van der Waals surface area contributed by atoms with Crippen molar-refractivity contribution in [2.75, 3.05) is 18.5 Å². The third-order valence-electron chi connectivity index (χ3n) is 4.58. The first-order chi connectivity index (χ1) is 9.45. The number of nitrogens with zero attached hydrogens (tertiary/aromatic N) is 1. The molecule has 0 heterocycles. The number of nitrogens with one attached hydrogen (secondary N) is 1. The van der Waals surface area contributed by atoms with Gasteiger partial charge in [-0.3, -0.25) is 0 Å². The fraction of sp³-hybridized carbons (Fsp3) is 0.647. The molecule has 1 aromatic carbocycles. The molecule has 0 spiro atoms. The Morgan fingerprint density at radius 1 is 1.35 bits per heavy atom. The first-order valence-electron chi connectivity index (χ1n) is 7.72. The molecule has 0 bridgehead atoms. The molecule has 0 aliphatic heterocycles. The monoisotopic (exact) mass is 278 g/mol. The molecule has 0 saturated heterocycles. The predicted molar refractivity (Wildman–Crippen MR) is 83.8 cm³/mol. The summed E-state index contributed by atoms with van der Waals surface area (Å²) in [5.74, 6) is 0.689. The first-order valence-corrected chi connectivity index (χ1v) is 7.72. The van der Waals surface area contributed by atoms with E-state index in [0.29, 0.717) is 6.04 Å². The van der Waals surface area contributed by atoms with Gasteiger partial charge in [0.05, 0.1) is 0 Å². The average molecular weight is 278 g/mol. The van der Waals surface area contributed by atoms with Crippen molar-refractivity contribution in [2.45, 2.75) is 52.6 Å². The van der Waals surface area contributed by atoms with Crippen LogP contribution in [-0.2, 0) is 0 Å². The SMILES string of the molecule is CCNC(C)c1cc(F)c(C)cc1N(C)C(C)C1CC1. The summed E-state index contributed by atoms with van der Waals surface area (Å²) in [6, 6.07) is 4.39. The van der Waals surface area contributed by atoms with Gasteiger partial charge in [0.25, 0.3) is 0 Å². The van der Waals surface area contributed by atoms with Gasteiger partial charge in [-0.2, -0.15) is 0 Å². The number of anilines is 1. The summed E-state index contributed by atoms with van der Waals surface area (Å²) in [6.45, 7) is 9.19. The van der Waals surface area contributed by atoms with Gasteiger partial charge in [-0.05, 0) is 69.3 Å². The Kier molecular flexibility index (Phi) is 4.69. The Bertz CT molecular complexity index is 468. The molecule has 1 aliphatic carbocycles. The lowest BCUT2D eigenvalue weighted by Crippen LogP contribution is -2.32. The molecule has 2 nitrogen and oxygen atoms in total. The van der Waals surface area contributed by atoms with Crippen molar-refractivity contribution in [2.24, 2.45) is 5.92 Å². The third-order valence-corrected chi connectivity index (χ3v) is 4.58. The molecule has 1 saturated carbocycles. The van der Waals surface area contributed by atoms with Crippen LogP contribution >= 0.6 is 0 Å². The molecule has 2 atom stereocenters. The van der Waals surface area contributed by atoms with Crippen molar-refractivity contribution in [3.63, 3.8) is 0 Å². The van der Waals surface area contributed by atoms with E-state index in [-0.39, 0.29) is 11.9 Å². The van der Waals surface area contributed by atoms with Crippen molar-refractivity contribution in [3.8, 4) is 0 Å². The third kappa shape index (κ3) is 3.14. The van der Waals surface area contributed by atoms with Crippen LogP contribution in [0.1, 0.15) is 50.8 Å². The fourth-order valence-electron chi connectivity index (χ4n) is 2.86. The summed E-state index contributed by atoms with van der Waals surface area (Å²) in [5.41, 5.74) is 2.95. The predicted octanol–water partition coefficient (Wildman–Crippen LogP) is 4.04. The van der Waals surface area contributed by atoms with Crippen molar-refractivity contribution < 1.29 is 4.39 Å². The fourth-order valence-corrected chi connectivity index (χ4v) is 2.86. The minimum Gasteiger partial charge on any atom is -0.371 e. The van der Waals surface area contributed by atoms with E-state index in [9.17, 15) is 4.39 Å². The Morgan fingerprint density at radius 3 is 2.55 bits per heavy atom. The molecule has 1 fully saturated rings. The van der Waals surface area contributed by atoms with Crippen LogP contribution in [0.2, 0.25) is 0 Å². The van der Waals surface area contributed by atoms with E-state index >= 15 is 0 Å². The topological polar surface area (TPSA) is 15.3 Å². The van der Waals surface area contributed by atoms with E-state index < -0.39 is 0 Å². The number of hydrogen-bond acceptors (Lipinski definition) is 2. The van der Waals surface area contributed by atoms with E-state index in [1.54, 1.807) is 6.07 Å². The van der Waals surface area contributed by atoms with Crippen molar-refractivity contribution >= 4 is 5.69 Å². The van der Waals surface area contributed by atoms with Gasteiger partial charge in [0.15, 0.2) is 0 Å². The summed E-state index contributed by atoms with van der Waals surface area (Å²) in [5, 5.41) is 3.39. The molecule has 0 amide bonds. The van der Waals surface area contributed by atoms with E-state index in [1.165, 1.54) is 12.8 Å². The zero-order chi connectivity index (χ0) is 14.9. The minimum absolute atomic E-state index is 0.110. The molecule has 2 rings (SSSR count). The molecule has 3 heteroatoms. The molecular weight excluding hydrogens is 251 g/mol. The van der Waals surface area contributed by atoms with Crippen LogP contribution in [-0.4, -0.2) is 19.6 Å². The summed E-state index contributed by atoms with van der Waals surface area (Å²) >= 11 is 0. The highest BCUT2D eigenvalue weighted by Gasteiger charge is 2.31. The summed E-state index contributed by atoms with van der Waals surface area (Å²) in [7, 11) is 2.14. The van der Waals surface area contributed by atoms with E-state index in [1.807, 2.05) is 13.0 Å². The maximum Gasteiger partial charge on any atom is 0.126 e. The van der Waals surface area contributed by atoms with Crippen LogP contribution in [0.25, 0.3) is 0 Å². The normalized spacial score (nSPS) is 17.9. The van der Waals surface area contributed by atoms with Crippen LogP contribution in [0.3, 0.4) is 0 Å². The van der Waals surface area contributed by atoms with Gasteiger partial charge in [0.1, 0.15) is 5.82 Å². The quantitative estimate of drug-likeness (QED) is 0.845. The van der Waals surface area contributed by atoms with Crippen molar-refractivity contribution in [3.05, 3.63) is 29.1 Å². The maximum absolute atomic E-state index is 13.9. The Morgan fingerprint density at radius 2 is 2.00 bits per heavy atom. The molecule has 0 radical (unpaired) electrons. The smallest absolute Gasteiger partial charge is 0.126 e. The Labute approximate surface area is 122 Å². The van der Waals surface area contributed by atoms with Crippen LogP contribution < -0.4 is 10.2 Å². The maximum atomic E-state index is 13.9. The van der Waals surface area contributed by atoms with E-state index in [4.69, 9.17) is 0 Å². The molecule has 1 aromatic rings. The largest absolute Gasteiger partial charge is 0.371 e. The van der Waals surface area contributed by atoms with Gasteiger partial charge in [0, 0.05) is 24.8 Å². The van der Waals surface area contributed by atoms with Crippen molar-refractivity contribution in [1.82, 2.24) is 5.32 Å². The summed E-state index contributed by atoms with van der Waals surface area (Å²) < 4.78 is 13.9. The number of halogens is 1. The highest BCUT2D eigenvalue weighted by Crippen LogP contribution is 2.38. The number of rotatable bonds is 6. The molecule has 2 unspecified atom stereocenters. The Hall–Kier alpha value is -1.09. The second-order valence-electron chi connectivity index (χ2n) is 6.13. The lowest BCUT2D eigenvalue weighted by Gasteiger charge is -2.31. The van der Waals surface area contributed by atoms with E-state index in [2.05, 4.69) is 38.0 Å². The van der Waals surface area contributed by atoms with Crippen LogP contribution in [0, 0.1) is 18.7 Å². The van der Waals surface area contributed by atoms with Gasteiger partial charge in [-0.15, -0.1) is 0 Å². The Balaban J connectivity index is 2.35. The van der Waals surface area contributed by atoms with Crippen LogP contribution in [0.15, 0.2) is 12.1 Å². The number of hydrogen-bond donors (Lipinski definition) is 1. The molecule has 20 heavy (non-hydrogen) atoms. The standard InChI is InChI=1S/C17H27FN2/c1-6-19-12(3)15-10-16(18)11(2)9-17(15)20(5)13(4)14-7-8-14/h9-10,12-14,19H,6-8H2,1-5H3. The molecule has 112 valence electrons. The lowest BCUT2D eigenvalue weighted by molar-refractivity contribution is 0.566. The first kappa shape index (κ1) is 15.3. The zero-order valence-corrected chi connectivity index (χ0v) is 13.3. The highest BCUT2D eigenvalue weighted by molar-refractivity contribution is 5.57. The summed E-state index contributed by atoms with van der Waals surface area (Å²) in [6.07, 6.45) is 2.65. The molecule has 1 N–H and O–H groups in total. The summed E-state index contributed by atoms with van der Waals surface area (Å²) in [4.78, 5) is 2.33. The zero-order valence-electron chi connectivity index (χ0n) is 13.3. The van der Waals surface area contributed by atoms with Gasteiger partial charge in [0.2, 0.25) is 0 Å². The van der Waals surface area contributed by atoms with E-state index in [0.717, 1.165) is 29.3 Å². The van der Waals surface area contributed by atoms with Gasteiger partial charge < -0.3 is 10.2 Å². The van der Waals surface area contributed by atoms with Gasteiger partial charge in [-0.25, -0.2) is 4.39 Å². The number of benzene rings is 1. The minimum atomic E-state index is -0.110. The molecule has 1 aliphatic rings. The van der Waals surface area contributed by atoms with Gasteiger partial charge >= 0.3 is 0 Å². The average Bonchev–Trinajstić information content (AvgIpc) is 3.24. The second-order valence-corrected chi connectivity index (χ2v) is 6.13. The molecule has 0 aromatic heterocycles. The lowest BCUT2D eigenvalue weighted by atomic mass is 10.0.